The second-order valence-electron chi connectivity index (χ2n) is 8.64. The number of amides is 3. The molecule has 2 fully saturated rings. The van der Waals surface area contributed by atoms with Crippen molar-refractivity contribution in [1.29, 1.82) is 0 Å². The van der Waals surface area contributed by atoms with Gasteiger partial charge in [-0.3, -0.25) is 19.5 Å². The summed E-state index contributed by atoms with van der Waals surface area (Å²) in [6, 6.07) is 9.86. The van der Waals surface area contributed by atoms with Crippen molar-refractivity contribution in [1.82, 2.24) is 24.9 Å². The van der Waals surface area contributed by atoms with E-state index in [0.29, 0.717) is 31.7 Å². The normalized spacial score (nSPS) is 21.4. The summed E-state index contributed by atoms with van der Waals surface area (Å²) in [5, 5.41) is 7.17. The molecule has 0 spiro atoms. The summed E-state index contributed by atoms with van der Waals surface area (Å²) in [7, 11) is 3.53. The van der Waals surface area contributed by atoms with E-state index in [0.717, 1.165) is 24.1 Å². The van der Waals surface area contributed by atoms with Crippen LogP contribution in [0.2, 0.25) is 0 Å². The smallest absolute Gasteiger partial charge is 0.257 e. The highest BCUT2D eigenvalue weighted by molar-refractivity contribution is 5.95. The number of aromatic amines is 1. The summed E-state index contributed by atoms with van der Waals surface area (Å²) in [6.45, 7) is 2.23. The zero-order valence-electron chi connectivity index (χ0n) is 18.1. The van der Waals surface area contributed by atoms with Gasteiger partial charge in [-0.1, -0.05) is 30.3 Å². The Morgan fingerprint density at radius 2 is 2.00 bits per heavy atom. The van der Waals surface area contributed by atoms with Crippen molar-refractivity contribution in [3.8, 4) is 0 Å². The summed E-state index contributed by atoms with van der Waals surface area (Å²) in [5.74, 6) is -0.264. The molecule has 2 aromatic rings. The number of hydrogen-bond donors (Lipinski definition) is 1. The van der Waals surface area contributed by atoms with E-state index in [1.54, 1.807) is 30.1 Å². The number of carbonyl (C=O) groups excluding carboxylic acids is 3. The zero-order chi connectivity index (χ0) is 22.0. The van der Waals surface area contributed by atoms with E-state index in [2.05, 4.69) is 10.2 Å². The minimum atomic E-state index is -0.267. The second-order valence-corrected chi connectivity index (χ2v) is 8.64. The van der Waals surface area contributed by atoms with E-state index in [1.807, 2.05) is 35.2 Å². The van der Waals surface area contributed by atoms with Crippen LogP contribution in [0, 0.1) is 5.92 Å². The minimum Gasteiger partial charge on any atom is -0.345 e. The highest BCUT2D eigenvalue weighted by atomic mass is 16.2. The van der Waals surface area contributed by atoms with Gasteiger partial charge >= 0.3 is 0 Å². The first-order valence-electron chi connectivity index (χ1n) is 10.8. The number of benzene rings is 1. The topological polar surface area (TPSA) is 89.6 Å². The van der Waals surface area contributed by atoms with Crippen LogP contribution in [0.15, 0.2) is 36.5 Å². The van der Waals surface area contributed by atoms with Gasteiger partial charge in [0, 0.05) is 52.6 Å². The van der Waals surface area contributed by atoms with Crippen molar-refractivity contribution in [3.05, 3.63) is 53.3 Å². The summed E-state index contributed by atoms with van der Waals surface area (Å²) in [6.07, 6.45) is 3.62. The Labute approximate surface area is 182 Å². The average molecular weight is 424 g/mol. The van der Waals surface area contributed by atoms with Crippen LogP contribution in [0.4, 0.5) is 0 Å². The van der Waals surface area contributed by atoms with Crippen molar-refractivity contribution in [2.75, 3.05) is 33.7 Å². The van der Waals surface area contributed by atoms with Crippen LogP contribution in [0.3, 0.4) is 0 Å². The van der Waals surface area contributed by atoms with E-state index in [4.69, 9.17) is 0 Å². The molecule has 2 atom stereocenters. The lowest BCUT2D eigenvalue weighted by atomic mass is 9.91. The van der Waals surface area contributed by atoms with Crippen molar-refractivity contribution in [3.63, 3.8) is 0 Å². The molecule has 0 aliphatic carbocycles. The molecule has 0 saturated carbocycles. The molecule has 3 amide bonds. The van der Waals surface area contributed by atoms with Gasteiger partial charge in [0.25, 0.3) is 5.91 Å². The van der Waals surface area contributed by atoms with Gasteiger partial charge in [-0.15, -0.1) is 0 Å². The van der Waals surface area contributed by atoms with Crippen LogP contribution >= 0.6 is 0 Å². The van der Waals surface area contributed by atoms with E-state index >= 15 is 0 Å². The molecular formula is C23H29N5O3. The monoisotopic (exact) mass is 423 g/mol. The van der Waals surface area contributed by atoms with Gasteiger partial charge in [0.05, 0.1) is 23.4 Å². The van der Waals surface area contributed by atoms with Crippen molar-refractivity contribution in [2.24, 2.45) is 5.92 Å². The first kappa shape index (κ1) is 21.1. The molecule has 4 rings (SSSR count). The molecule has 3 heterocycles. The van der Waals surface area contributed by atoms with Gasteiger partial charge in [-0.25, -0.2) is 0 Å². The summed E-state index contributed by atoms with van der Waals surface area (Å²) < 4.78 is 0. The van der Waals surface area contributed by atoms with Gasteiger partial charge in [-0.05, 0) is 18.4 Å². The molecule has 0 bridgehead atoms. The Kier molecular flexibility index (Phi) is 6.06. The molecule has 1 N–H and O–H groups in total. The fraction of sp³-hybridized carbons (Fsp3) is 0.478. The highest BCUT2D eigenvalue weighted by Gasteiger charge is 2.37. The Balaban J connectivity index is 1.44. The number of H-pyrrole nitrogens is 1. The molecule has 164 valence electrons. The Hall–Kier alpha value is -3.16. The van der Waals surface area contributed by atoms with Gasteiger partial charge in [0.2, 0.25) is 11.8 Å². The van der Waals surface area contributed by atoms with Crippen molar-refractivity contribution >= 4 is 17.7 Å². The number of hydrogen-bond acceptors (Lipinski definition) is 4. The fourth-order valence-electron chi connectivity index (χ4n) is 4.61. The van der Waals surface area contributed by atoms with Gasteiger partial charge in [0.1, 0.15) is 0 Å². The lowest BCUT2D eigenvalue weighted by molar-refractivity contribution is -0.137. The molecule has 8 nitrogen and oxygen atoms in total. The van der Waals surface area contributed by atoms with E-state index in [9.17, 15) is 14.4 Å². The third-order valence-electron chi connectivity index (χ3n) is 6.34. The van der Waals surface area contributed by atoms with Crippen molar-refractivity contribution < 1.29 is 14.4 Å². The number of piperidine rings is 1. The molecule has 1 aromatic heterocycles. The molecular weight excluding hydrogens is 394 g/mol. The minimum absolute atomic E-state index is 0.0230. The quantitative estimate of drug-likeness (QED) is 0.795. The maximum absolute atomic E-state index is 13.1. The Morgan fingerprint density at radius 3 is 2.71 bits per heavy atom. The van der Waals surface area contributed by atoms with Crippen molar-refractivity contribution in [2.45, 2.75) is 31.7 Å². The number of nitrogens with zero attached hydrogens (tertiary/aromatic N) is 4. The summed E-state index contributed by atoms with van der Waals surface area (Å²) >= 11 is 0. The Bertz CT molecular complexity index is 957. The highest BCUT2D eigenvalue weighted by Crippen LogP contribution is 2.30. The standard InChI is InChI=1S/C23H29N5O3/c1-26-14-18(11-20(26)29)22(30)28-10-6-9-17(15-28)21-19(12-24-25-21)23(31)27(2)13-16-7-4-3-5-8-16/h3-5,7-8,12,17-18H,6,9-11,13-15H2,1-2H3,(H,24,25)/t17-,18+/m0/s1. The van der Waals surface area contributed by atoms with E-state index in [1.165, 1.54) is 0 Å². The van der Waals surface area contributed by atoms with Crippen LogP contribution in [-0.4, -0.2) is 76.3 Å². The average Bonchev–Trinajstić information content (AvgIpc) is 3.40. The number of aromatic nitrogens is 2. The van der Waals surface area contributed by atoms with Crippen LogP contribution in [0.25, 0.3) is 0 Å². The first-order chi connectivity index (χ1) is 14.9. The van der Waals surface area contributed by atoms with Gasteiger partial charge in [0.15, 0.2) is 0 Å². The van der Waals surface area contributed by atoms with Gasteiger partial charge in [-0.2, -0.15) is 5.10 Å². The largest absolute Gasteiger partial charge is 0.345 e. The maximum Gasteiger partial charge on any atom is 0.257 e. The third kappa shape index (κ3) is 4.47. The molecule has 2 saturated heterocycles. The SMILES string of the molecule is CN1C[C@H](C(=O)N2CCC[C@H](c3[nH]ncc3C(=O)N(C)Cc3ccccc3)C2)CC1=O. The molecule has 0 radical (unpaired) electrons. The molecule has 2 aliphatic heterocycles. The molecule has 1 aromatic carbocycles. The predicted octanol–water partition coefficient (Wildman–Crippen LogP) is 1.87. The lowest BCUT2D eigenvalue weighted by Gasteiger charge is -2.34. The van der Waals surface area contributed by atoms with Crippen LogP contribution in [0.5, 0.6) is 0 Å². The Morgan fingerprint density at radius 1 is 1.23 bits per heavy atom. The molecule has 8 heteroatoms. The van der Waals surface area contributed by atoms with Crippen LogP contribution in [-0.2, 0) is 16.1 Å². The summed E-state index contributed by atoms with van der Waals surface area (Å²) in [4.78, 5) is 43.1. The number of nitrogens with one attached hydrogen (secondary N) is 1. The fourth-order valence-corrected chi connectivity index (χ4v) is 4.61. The molecule has 0 unspecified atom stereocenters. The van der Waals surface area contributed by atoms with Gasteiger partial charge < -0.3 is 14.7 Å². The number of carbonyl (C=O) groups is 3. The molecule has 31 heavy (non-hydrogen) atoms. The third-order valence-corrected chi connectivity index (χ3v) is 6.34. The number of rotatable bonds is 5. The van der Waals surface area contributed by atoms with Crippen LogP contribution in [0.1, 0.15) is 46.8 Å². The number of likely N-dealkylation sites (tertiary alicyclic amines) is 2. The van der Waals surface area contributed by atoms with Crippen LogP contribution < -0.4 is 0 Å². The maximum atomic E-state index is 13.1. The second kappa shape index (κ2) is 8.91. The molecule has 2 aliphatic rings. The predicted molar refractivity (Wildman–Crippen MR) is 115 cm³/mol. The summed E-state index contributed by atoms with van der Waals surface area (Å²) in [5.41, 5.74) is 2.42. The first-order valence-corrected chi connectivity index (χ1v) is 10.8. The van der Waals surface area contributed by atoms with E-state index < -0.39 is 0 Å². The van der Waals surface area contributed by atoms with E-state index in [-0.39, 0.29) is 36.0 Å². The lowest BCUT2D eigenvalue weighted by Crippen LogP contribution is -2.43. The zero-order valence-corrected chi connectivity index (χ0v) is 18.1.